The highest BCUT2D eigenvalue weighted by molar-refractivity contribution is 6.31. The normalized spacial score (nSPS) is 29.8. The number of benzene rings is 1. The first-order chi connectivity index (χ1) is 14.8. The Hall–Kier alpha value is -1.73. The van der Waals surface area contributed by atoms with Gasteiger partial charge >= 0.3 is 5.97 Å². The highest BCUT2D eigenvalue weighted by atomic mass is 35.5. The predicted molar refractivity (Wildman–Crippen MR) is 123 cm³/mol. The minimum atomic E-state index is -1.20. The molecule has 2 N–H and O–H groups in total. The second kappa shape index (κ2) is 7.66. The Balaban J connectivity index is 2.03. The Kier molecular flexibility index (Phi) is 5.61. The number of esters is 1. The average Bonchev–Trinajstić information content (AvgIpc) is 3.06. The van der Waals surface area contributed by atoms with Gasteiger partial charge in [0.15, 0.2) is 5.72 Å². The molecule has 4 rings (SSSR count). The maximum absolute atomic E-state index is 15.4. The molecule has 172 valence electrons. The number of nitrogens with two attached hydrogens (primary N) is 1. The van der Waals surface area contributed by atoms with E-state index < -0.39 is 35.0 Å². The van der Waals surface area contributed by atoms with E-state index in [0.29, 0.717) is 17.1 Å². The maximum atomic E-state index is 15.4. The summed E-state index contributed by atoms with van der Waals surface area (Å²) >= 11 is 12.3. The lowest BCUT2D eigenvalue weighted by Crippen LogP contribution is -2.56. The number of nitrogens with zero attached hydrogens (tertiary/aromatic N) is 2. The number of rotatable bonds is 3. The smallest absolute Gasteiger partial charge is 0.325 e. The molecule has 0 spiro atoms. The van der Waals surface area contributed by atoms with E-state index in [4.69, 9.17) is 33.7 Å². The van der Waals surface area contributed by atoms with Crippen LogP contribution in [0, 0.1) is 11.2 Å². The van der Waals surface area contributed by atoms with E-state index in [9.17, 15) is 4.79 Å². The molecule has 2 fully saturated rings. The molecule has 2 saturated heterocycles. The number of fused-ring (bicyclic) bond motifs is 1. The SMILES string of the molecule is CC(C)(C)CC1N2C(C(=O)OC2(C)C)C(c2cccc(Cl)c2F)C1(N)c1ccc(Cl)cn1. The first kappa shape index (κ1) is 23.4. The van der Waals surface area contributed by atoms with Gasteiger partial charge in [0.2, 0.25) is 0 Å². The molecule has 0 aliphatic carbocycles. The highest BCUT2D eigenvalue weighted by Gasteiger charge is 2.69. The number of hydrogen-bond acceptors (Lipinski definition) is 5. The molecule has 0 amide bonds. The molecule has 0 bridgehead atoms. The first-order valence-corrected chi connectivity index (χ1v) is 11.4. The molecule has 2 aliphatic rings. The molecule has 8 heteroatoms. The van der Waals surface area contributed by atoms with E-state index in [1.807, 2.05) is 18.7 Å². The number of cyclic esters (lactones) is 1. The van der Waals surface area contributed by atoms with Crippen LogP contribution in [-0.4, -0.2) is 33.7 Å². The van der Waals surface area contributed by atoms with Crippen molar-refractivity contribution in [1.29, 1.82) is 0 Å². The maximum Gasteiger partial charge on any atom is 0.325 e. The van der Waals surface area contributed by atoms with E-state index in [0.717, 1.165) is 0 Å². The van der Waals surface area contributed by atoms with Crippen LogP contribution in [0.15, 0.2) is 36.5 Å². The van der Waals surface area contributed by atoms with Gasteiger partial charge in [0.25, 0.3) is 0 Å². The van der Waals surface area contributed by atoms with Crippen LogP contribution in [0.1, 0.15) is 58.2 Å². The summed E-state index contributed by atoms with van der Waals surface area (Å²) in [6.45, 7) is 10.0. The fourth-order valence-electron chi connectivity index (χ4n) is 5.37. The minimum Gasteiger partial charge on any atom is -0.443 e. The summed E-state index contributed by atoms with van der Waals surface area (Å²) in [4.78, 5) is 19.8. The lowest BCUT2D eigenvalue weighted by atomic mass is 9.70. The molecule has 0 radical (unpaired) electrons. The van der Waals surface area contributed by atoms with Crippen LogP contribution in [0.5, 0.6) is 0 Å². The third kappa shape index (κ3) is 3.61. The number of aromatic nitrogens is 1. The summed E-state index contributed by atoms with van der Waals surface area (Å²) in [5.74, 6) is -1.78. The fourth-order valence-corrected chi connectivity index (χ4v) is 5.66. The molecule has 1 aromatic carbocycles. The molecular formula is C24H28Cl2FN3O2. The van der Waals surface area contributed by atoms with Crippen LogP contribution in [-0.2, 0) is 15.1 Å². The number of halogens is 3. The van der Waals surface area contributed by atoms with E-state index in [2.05, 4.69) is 25.8 Å². The van der Waals surface area contributed by atoms with Crippen molar-refractivity contribution >= 4 is 29.2 Å². The van der Waals surface area contributed by atoms with Gasteiger partial charge in [-0.15, -0.1) is 0 Å². The summed E-state index contributed by atoms with van der Waals surface area (Å²) in [6, 6.07) is 7.11. The van der Waals surface area contributed by atoms with Crippen molar-refractivity contribution in [3.05, 3.63) is 63.6 Å². The van der Waals surface area contributed by atoms with E-state index >= 15 is 4.39 Å². The Morgan fingerprint density at radius 3 is 2.50 bits per heavy atom. The topological polar surface area (TPSA) is 68.5 Å². The van der Waals surface area contributed by atoms with Crippen molar-refractivity contribution in [2.45, 2.75) is 70.3 Å². The van der Waals surface area contributed by atoms with Gasteiger partial charge in [-0.05, 0) is 49.4 Å². The molecule has 32 heavy (non-hydrogen) atoms. The Morgan fingerprint density at radius 2 is 1.91 bits per heavy atom. The molecule has 4 unspecified atom stereocenters. The molecule has 4 atom stereocenters. The largest absolute Gasteiger partial charge is 0.443 e. The second-order valence-corrected chi connectivity index (χ2v) is 11.3. The highest BCUT2D eigenvalue weighted by Crippen LogP contribution is 2.57. The van der Waals surface area contributed by atoms with Crippen LogP contribution in [0.25, 0.3) is 0 Å². The number of ether oxygens (including phenoxy) is 1. The monoisotopic (exact) mass is 479 g/mol. The molecular weight excluding hydrogens is 452 g/mol. The summed E-state index contributed by atoms with van der Waals surface area (Å²) in [5.41, 5.74) is 5.84. The number of carbonyl (C=O) groups excluding carboxylic acids is 1. The van der Waals surface area contributed by atoms with Crippen LogP contribution in [0.3, 0.4) is 0 Å². The van der Waals surface area contributed by atoms with Gasteiger partial charge in [0.05, 0.1) is 21.3 Å². The standard InChI is InChI=1S/C24H28Cl2FN3O2/c1-22(2,3)11-17-24(28,16-10-9-13(25)12-29-16)18(14-7-6-8-15(26)19(14)27)20-21(31)32-23(4,5)30(17)20/h6-10,12,17-18,20H,11,28H2,1-5H3. The number of hydrogen-bond donors (Lipinski definition) is 1. The number of carbonyl (C=O) groups is 1. The Morgan fingerprint density at radius 1 is 1.22 bits per heavy atom. The van der Waals surface area contributed by atoms with Gasteiger partial charge in [-0.25, -0.2) is 9.29 Å². The number of pyridine rings is 1. The van der Waals surface area contributed by atoms with E-state index in [1.54, 1.807) is 24.3 Å². The van der Waals surface area contributed by atoms with Crippen molar-refractivity contribution < 1.29 is 13.9 Å². The molecule has 1 aromatic heterocycles. The molecule has 5 nitrogen and oxygen atoms in total. The Bertz CT molecular complexity index is 1050. The van der Waals surface area contributed by atoms with Crippen LogP contribution in [0.4, 0.5) is 4.39 Å². The van der Waals surface area contributed by atoms with Gasteiger partial charge in [-0.3, -0.25) is 9.78 Å². The van der Waals surface area contributed by atoms with Crippen LogP contribution < -0.4 is 5.73 Å². The van der Waals surface area contributed by atoms with Gasteiger partial charge in [-0.1, -0.05) is 56.1 Å². The zero-order chi connectivity index (χ0) is 23.6. The zero-order valence-electron chi connectivity index (χ0n) is 18.8. The molecule has 2 aliphatic heterocycles. The van der Waals surface area contributed by atoms with Gasteiger partial charge in [0.1, 0.15) is 11.9 Å². The van der Waals surface area contributed by atoms with E-state index in [-0.39, 0.29) is 22.0 Å². The van der Waals surface area contributed by atoms with Crippen molar-refractivity contribution in [1.82, 2.24) is 9.88 Å². The van der Waals surface area contributed by atoms with Crippen LogP contribution >= 0.6 is 23.2 Å². The fraction of sp³-hybridized carbons (Fsp3) is 0.500. The van der Waals surface area contributed by atoms with Gasteiger partial charge in [-0.2, -0.15) is 0 Å². The lowest BCUT2D eigenvalue weighted by Gasteiger charge is -2.43. The molecule has 0 saturated carbocycles. The summed E-state index contributed by atoms with van der Waals surface area (Å²) in [5, 5.41) is 0.443. The van der Waals surface area contributed by atoms with Crippen molar-refractivity contribution in [3.8, 4) is 0 Å². The molecule has 3 heterocycles. The minimum absolute atomic E-state index is 0.0228. The average molecular weight is 480 g/mol. The lowest BCUT2D eigenvalue weighted by molar-refractivity contribution is -0.152. The summed E-state index contributed by atoms with van der Waals surface area (Å²) < 4.78 is 21.2. The van der Waals surface area contributed by atoms with Crippen molar-refractivity contribution in [2.24, 2.45) is 11.1 Å². The third-order valence-corrected chi connectivity index (χ3v) is 7.04. The van der Waals surface area contributed by atoms with E-state index in [1.165, 1.54) is 12.3 Å². The van der Waals surface area contributed by atoms with Gasteiger partial charge < -0.3 is 10.5 Å². The zero-order valence-corrected chi connectivity index (χ0v) is 20.3. The van der Waals surface area contributed by atoms with Gasteiger partial charge in [0, 0.05) is 18.2 Å². The van der Waals surface area contributed by atoms with Crippen LogP contribution in [0.2, 0.25) is 10.0 Å². The quantitative estimate of drug-likeness (QED) is 0.608. The second-order valence-electron chi connectivity index (χ2n) is 10.4. The Labute approximate surface area is 198 Å². The molecule has 2 aromatic rings. The summed E-state index contributed by atoms with van der Waals surface area (Å²) in [6.07, 6.45) is 2.15. The first-order valence-electron chi connectivity index (χ1n) is 10.6. The van der Waals surface area contributed by atoms with Crippen molar-refractivity contribution in [2.75, 3.05) is 0 Å². The van der Waals surface area contributed by atoms with Crippen molar-refractivity contribution in [3.63, 3.8) is 0 Å². The summed E-state index contributed by atoms with van der Waals surface area (Å²) in [7, 11) is 0. The third-order valence-electron chi connectivity index (χ3n) is 6.52. The predicted octanol–water partition coefficient (Wildman–Crippen LogP) is 5.25.